The van der Waals surface area contributed by atoms with Gasteiger partial charge in [-0.05, 0) is 39.7 Å². The molecular weight excluding hydrogens is 490 g/mol. The number of ether oxygens (including phenoxy) is 1. The molecule has 1 atom stereocenters. The maximum absolute atomic E-state index is 13.5. The summed E-state index contributed by atoms with van der Waals surface area (Å²) in [7, 11) is -5.49. The molecule has 0 aliphatic carbocycles. The van der Waals surface area contributed by atoms with Crippen LogP contribution in [0.25, 0.3) is 0 Å². The van der Waals surface area contributed by atoms with Crippen LogP contribution < -0.4 is 15.1 Å². The molecule has 188 valence electrons. The Bertz CT molecular complexity index is 1290. The number of carbonyl (C=O) groups excluding carboxylic acids is 1. The van der Waals surface area contributed by atoms with E-state index in [-0.39, 0.29) is 16.5 Å². The summed E-state index contributed by atoms with van der Waals surface area (Å²) >= 11 is 0. The second-order valence-electron chi connectivity index (χ2n) is 9.72. The van der Waals surface area contributed by atoms with Gasteiger partial charge in [-0.15, -0.1) is 0 Å². The summed E-state index contributed by atoms with van der Waals surface area (Å²) in [6, 6.07) is 25.5. The normalized spacial score (nSPS) is 16.4. The molecule has 0 bridgehead atoms. The fraction of sp³-hybridized carbons (Fsp3) is 0.250. The number of hydrogen-bond donors (Lipinski definition) is 0. The first kappa shape index (κ1) is 25.9. The van der Waals surface area contributed by atoms with E-state index in [1.165, 1.54) is 25.3 Å². The van der Waals surface area contributed by atoms with Crippen molar-refractivity contribution in [2.45, 2.75) is 36.7 Å². The molecule has 3 aromatic rings. The maximum atomic E-state index is 13.5. The zero-order valence-electron chi connectivity index (χ0n) is 20.9. The molecule has 1 aliphatic rings. The van der Waals surface area contributed by atoms with Gasteiger partial charge in [-0.25, -0.2) is 12.7 Å². The Labute approximate surface area is 214 Å². The number of carbonyl (C=O) groups is 1. The smallest absolute Gasteiger partial charge is 0.267 e. The quantitative estimate of drug-likeness (QED) is 0.423. The van der Waals surface area contributed by atoms with Gasteiger partial charge in [-0.1, -0.05) is 87.5 Å². The van der Waals surface area contributed by atoms with E-state index >= 15 is 0 Å². The van der Waals surface area contributed by atoms with Crippen LogP contribution in [0.2, 0.25) is 5.04 Å². The standard InChI is InChI=1S/C28H31NO5SSi/c1-28(2,3)36(25-11-7-5-8-12-25,26-13-9-6-10-14-26)34-21-22-15-20-27(30)29(22)35(31,32)24-18-16-23(33-4)17-19-24/h5-20,22H,21H2,1-4H3/t22-/m1/s1. The van der Waals surface area contributed by atoms with Crippen molar-refractivity contribution < 1.29 is 22.4 Å². The van der Waals surface area contributed by atoms with Crippen LogP contribution in [0.1, 0.15) is 20.8 Å². The fourth-order valence-corrected chi connectivity index (χ4v) is 10.8. The average molecular weight is 522 g/mol. The number of sulfonamides is 1. The van der Waals surface area contributed by atoms with Gasteiger partial charge in [0.15, 0.2) is 0 Å². The van der Waals surface area contributed by atoms with Gasteiger partial charge in [0.05, 0.1) is 24.7 Å². The van der Waals surface area contributed by atoms with E-state index in [1.807, 2.05) is 36.4 Å². The summed E-state index contributed by atoms with van der Waals surface area (Å²) in [5, 5.41) is 1.89. The number of benzene rings is 3. The third-order valence-electron chi connectivity index (χ3n) is 6.48. The third kappa shape index (κ3) is 4.64. The van der Waals surface area contributed by atoms with Crippen molar-refractivity contribution in [3.63, 3.8) is 0 Å². The summed E-state index contributed by atoms with van der Waals surface area (Å²) in [6.45, 7) is 6.51. The molecule has 0 saturated carbocycles. The Hall–Kier alpha value is -3.20. The molecule has 6 nitrogen and oxygen atoms in total. The van der Waals surface area contributed by atoms with Crippen molar-refractivity contribution in [2.24, 2.45) is 0 Å². The fourth-order valence-electron chi connectivity index (χ4n) is 4.76. The predicted octanol–water partition coefficient (Wildman–Crippen LogP) is 3.73. The monoisotopic (exact) mass is 521 g/mol. The molecule has 0 radical (unpaired) electrons. The predicted molar refractivity (Wildman–Crippen MR) is 144 cm³/mol. The second kappa shape index (κ2) is 10.0. The molecule has 0 spiro atoms. The van der Waals surface area contributed by atoms with Crippen LogP contribution in [0.3, 0.4) is 0 Å². The Morgan fingerprint density at radius 3 is 1.86 bits per heavy atom. The first-order valence-corrected chi connectivity index (χ1v) is 15.1. The van der Waals surface area contributed by atoms with Crippen LogP contribution in [0, 0.1) is 0 Å². The van der Waals surface area contributed by atoms with E-state index in [1.54, 1.807) is 18.2 Å². The Balaban J connectivity index is 1.72. The molecule has 0 fully saturated rings. The SMILES string of the molecule is COc1ccc(S(=O)(=O)N2C(=O)C=C[C@@H]2CO[Si](c2ccccc2)(c2ccccc2)C(C)(C)C)cc1. The number of hydrogen-bond acceptors (Lipinski definition) is 5. The van der Waals surface area contributed by atoms with Crippen LogP contribution >= 0.6 is 0 Å². The molecule has 0 N–H and O–H groups in total. The van der Waals surface area contributed by atoms with Crippen molar-refractivity contribution in [2.75, 3.05) is 13.7 Å². The van der Waals surface area contributed by atoms with E-state index in [9.17, 15) is 13.2 Å². The number of nitrogens with zero attached hydrogens (tertiary/aromatic N) is 1. The minimum atomic E-state index is -4.09. The van der Waals surface area contributed by atoms with Crippen LogP contribution in [0.4, 0.5) is 0 Å². The molecule has 36 heavy (non-hydrogen) atoms. The van der Waals surface area contributed by atoms with Gasteiger partial charge in [0.2, 0.25) is 0 Å². The minimum absolute atomic E-state index is 0.0239. The third-order valence-corrected chi connectivity index (χ3v) is 13.3. The molecule has 4 rings (SSSR count). The zero-order chi connectivity index (χ0) is 26.0. The lowest BCUT2D eigenvalue weighted by molar-refractivity contribution is -0.121. The Morgan fingerprint density at radius 1 is 0.861 bits per heavy atom. The Kier molecular flexibility index (Phi) is 7.22. The van der Waals surface area contributed by atoms with Gasteiger partial charge in [0.25, 0.3) is 24.2 Å². The molecule has 0 aromatic heterocycles. The summed E-state index contributed by atoms with van der Waals surface area (Å²) < 4.78 is 40.0. The van der Waals surface area contributed by atoms with E-state index in [4.69, 9.17) is 9.16 Å². The van der Waals surface area contributed by atoms with E-state index in [2.05, 4.69) is 45.0 Å². The van der Waals surface area contributed by atoms with Crippen LogP contribution in [0.15, 0.2) is 102 Å². The molecule has 3 aromatic carbocycles. The van der Waals surface area contributed by atoms with Gasteiger partial charge in [-0.2, -0.15) is 0 Å². The van der Waals surface area contributed by atoms with E-state index in [0.717, 1.165) is 14.7 Å². The zero-order valence-corrected chi connectivity index (χ0v) is 22.7. The summed E-state index contributed by atoms with van der Waals surface area (Å²) in [5.74, 6) is -0.0479. The first-order chi connectivity index (χ1) is 17.1. The van der Waals surface area contributed by atoms with E-state index in [0.29, 0.717) is 5.75 Å². The van der Waals surface area contributed by atoms with Gasteiger partial charge < -0.3 is 9.16 Å². The van der Waals surface area contributed by atoms with Crippen LogP contribution in [-0.4, -0.2) is 46.7 Å². The van der Waals surface area contributed by atoms with Gasteiger partial charge in [0.1, 0.15) is 5.75 Å². The number of rotatable bonds is 8. The molecular formula is C28H31NO5SSi. The van der Waals surface area contributed by atoms with Crippen molar-refractivity contribution in [3.05, 3.63) is 97.1 Å². The molecule has 0 saturated heterocycles. The lowest BCUT2D eigenvalue weighted by Crippen LogP contribution is -2.67. The molecule has 1 heterocycles. The van der Waals surface area contributed by atoms with Crippen molar-refractivity contribution in [1.82, 2.24) is 4.31 Å². The van der Waals surface area contributed by atoms with Crippen LogP contribution in [-0.2, 0) is 19.2 Å². The largest absolute Gasteiger partial charge is 0.497 e. The summed E-state index contributed by atoms with van der Waals surface area (Å²) in [6.07, 6.45) is 2.92. The molecule has 8 heteroatoms. The summed E-state index contributed by atoms with van der Waals surface area (Å²) in [5.41, 5.74) is 0. The van der Waals surface area contributed by atoms with Crippen molar-refractivity contribution in [1.29, 1.82) is 0 Å². The molecule has 1 aliphatic heterocycles. The first-order valence-electron chi connectivity index (χ1n) is 11.8. The number of amides is 1. The second-order valence-corrected chi connectivity index (χ2v) is 15.8. The van der Waals surface area contributed by atoms with Crippen molar-refractivity contribution in [3.8, 4) is 5.75 Å². The minimum Gasteiger partial charge on any atom is -0.497 e. The highest BCUT2D eigenvalue weighted by Gasteiger charge is 2.51. The van der Waals surface area contributed by atoms with Gasteiger partial charge in [0, 0.05) is 6.08 Å². The maximum Gasteiger partial charge on any atom is 0.267 e. The highest BCUT2D eigenvalue weighted by Crippen LogP contribution is 2.37. The Morgan fingerprint density at radius 2 is 1.39 bits per heavy atom. The highest BCUT2D eigenvalue weighted by molar-refractivity contribution is 7.89. The van der Waals surface area contributed by atoms with Gasteiger partial charge in [-0.3, -0.25) is 4.79 Å². The number of methoxy groups -OCH3 is 1. The summed E-state index contributed by atoms with van der Waals surface area (Å²) in [4.78, 5) is 12.8. The average Bonchev–Trinajstić information content (AvgIpc) is 3.26. The lowest BCUT2D eigenvalue weighted by atomic mass is 10.2. The highest BCUT2D eigenvalue weighted by atomic mass is 32.2. The molecule has 0 unspecified atom stereocenters. The lowest BCUT2D eigenvalue weighted by Gasteiger charge is -2.43. The van der Waals surface area contributed by atoms with Crippen LogP contribution in [0.5, 0.6) is 5.75 Å². The van der Waals surface area contributed by atoms with Gasteiger partial charge >= 0.3 is 0 Å². The molecule has 1 amide bonds. The van der Waals surface area contributed by atoms with Crippen molar-refractivity contribution >= 4 is 34.6 Å². The topological polar surface area (TPSA) is 72.9 Å². The van der Waals surface area contributed by atoms with E-state index < -0.39 is 30.3 Å².